The van der Waals surface area contributed by atoms with E-state index in [-0.39, 0.29) is 5.91 Å². The lowest BCUT2D eigenvalue weighted by Crippen LogP contribution is -2.34. The van der Waals surface area contributed by atoms with Gasteiger partial charge in [-0.25, -0.2) is 0 Å². The molecule has 4 heteroatoms. The van der Waals surface area contributed by atoms with Crippen molar-refractivity contribution in [3.8, 4) is 0 Å². The summed E-state index contributed by atoms with van der Waals surface area (Å²) in [5.41, 5.74) is 4.39. The fourth-order valence-electron chi connectivity index (χ4n) is 3.77. The largest absolute Gasteiger partial charge is 0.377 e. The number of nitrogens with one attached hydrogen (secondary N) is 1. The zero-order valence-corrected chi connectivity index (χ0v) is 16.5. The van der Waals surface area contributed by atoms with Gasteiger partial charge in [0, 0.05) is 12.2 Å². The summed E-state index contributed by atoms with van der Waals surface area (Å²) < 4.78 is 6.04. The van der Waals surface area contributed by atoms with Crippen LogP contribution in [0.2, 0.25) is 0 Å². The molecule has 2 unspecified atom stereocenters. The van der Waals surface area contributed by atoms with Gasteiger partial charge in [-0.2, -0.15) is 0 Å². The van der Waals surface area contributed by atoms with E-state index in [9.17, 15) is 4.79 Å². The molecular weight excluding hydrogens is 312 g/mol. The van der Waals surface area contributed by atoms with Crippen LogP contribution in [0.1, 0.15) is 49.3 Å². The van der Waals surface area contributed by atoms with Crippen LogP contribution in [0, 0.1) is 26.7 Å². The first-order chi connectivity index (χ1) is 11.9. The molecule has 1 amide bonds. The fraction of sp³-hybridized carbons (Fsp3) is 0.667. The summed E-state index contributed by atoms with van der Waals surface area (Å²) in [6, 6.07) is 4.21. The maximum absolute atomic E-state index is 12.3. The molecule has 1 aliphatic rings. The Morgan fingerprint density at radius 1 is 1.20 bits per heavy atom. The van der Waals surface area contributed by atoms with E-state index in [1.165, 1.54) is 31.2 Å². The second-order valence-corrected chi connectivity index (χ2v) is 7.73. The molecule has 4 nitrogen and oxygen atoms in total. The minimum absolute atomic E-state index is 0.0311. The molecule has 1 N–H and O–H groups in total. The minimum Gasteiger partial charge on any atom is -0.377 e. The highest BCUT2D eigenvalue weighted by atomic mass is 16.5. The van der Waals surface area contributed by atoms with Crippen LogP contribution in [0.5, 0.6) is 0 Å². The molecule has 2 rings (SSSR count). The molecule has 2 atom stereocenters. The van der Waals surface area contributed by atoms with Gasteiger partial charge in [0.2, 0.25) is 5.91 Å². The van der Waals surface area contributed by atoms with Crippen LogP contribution < -0.4 is 5.32 Å². The van der Waals surface area contributed by atoms with Crippen molar-refractivity contribution in [1.82, 2.24) is 4.90 Å². The van der Waals surface area contributed by atoms with Gasteiger partial charge in [0.05, 0.1) is 19.3 Å². The number of aryl methyl sites for hydroxylation is 3. The second-order valence-electron chi connectivity index (χ2n) is 7.73. The Hall–Kier alpha value is -1.39. The lowest BCUT2D eigenvalue weighted by Gasteiger charge is -2.29. The minimum atomic E-state index is 0.0311. The molecule has 0 radical (unpaired) electrons. The van der Waals surface area contributed by atoms with Crippen LogP contribution in [0.15, 0.2) is 12.1 Å². The number of carbonyl (C=O) groups is 1. The van der Waals surface area contributed by atoms with Gasteiger partial charge in [-0.15, -0.1) is 0 Å². The van der Waals surface area contributed by atoms with Gasteiger partial charge in [0.1, 0.15) is 0 Å². The number of carbonyl (C=O) groups excluding carboxylic acids is 1. The van der Waals surface area contributed by atoms with E-state index >= 15 is 0 Å². The summed E-state index contributed by atoms with van der Waals surface area (Å²) in [6.07, 6.45) is 5.46. The molecule has 1 aliphatic carbocycles. The van der Waals surface area contributed by atoms with Gasteiger partial charge in [0.15, 0.2) is 0 Å². The van der Waals surface area contributed by atoms with E-state index in [0.717, 1.165) is 23.4 Å². The quantitative estimate of drug-likeness (QED) is 0.809. The van der Waals surface area contributed by atoms with Gasteiger partial charge in [-0.1, -0.05) is 37.5 Å². The van der Waals surface area contributed by atoms with Crippen molar-refractivity contribution in [3.05, 3.63) is 28.8 Å². The standard InChI is InChI=1S/C21H34N2O2/c1-15-12-17(3)21(18(4)13-15)22-20(24)14-23(5)10-11-25-19-9-7-6-8-16(19)2/h12-13,16,19H,6-11,14H2,1-5H3,(H,22,24). The Bertz CT molecular complexity index is 562. The first-order valence-corrected chi connectivity index (χ1v) is 9.54. The summed E-state index contributed by atoms with van der Waals surface area (Å²) in [7, 11) is 1.97. The Balaban J connectivity index is 1.75. The molecular formula is C21H34N2O2. The van der Waals surface area contributed by atoms with Gasteiger partial charge in [-0.05, 0) is 57.7 Å². The highest BCUT2D eigenvalue weighted by Gasteiger charge is 2.21. The summed E-state index contributed by atoms with van der Waals surface area (Å²) in [5.74, 6) is 0.693. The third-order valence-electron chi connectivity index (χ3n) is 5.19. The first kappa shape index (κ1) is 19.9. The maximum Gasteiger partial charge on any atom is 0.238 e. The highest BCUT2D eigenvalue weighted by molar-refractivity contribution is 5.93. The van der Waals surface area contributed by atoms with E-state index in [4.69, 9.17) is 4.74 Å². The van der Waals surface area contributed by atoms with Crippen molar-refractivity contribution in [2.75, 3.05) is 32.1 Å². The van der Waals surface area contributed by atoms with Crippen molar-refractivity contribution in [3.63, 3.8) is 0 Å². The number of ether oxygens (including phenoxy) is 1. The Labute approximate surface area is 152 Å². The molecule has 1 aromatic carbocycles. The van der Waals surface area contributed by atoms with Crippen molar-refractivity contribution in [2.45, 2.75) is 59.5 Å². The lowest BCUT2D eigenvalue weighted by molar-refractivity contribution is -0.117. The number of nitrogens with zero attached hydrogens (tertiary/aromatic N) is 1. The molecule has 25 heavy (non-hydrogen) atoms. The number of anilines is 1. The number of benzene rings is 1. The van der Waals surface area contributed by atoms with Crippen LogP contribution >= 0.6 is 0 Å². The summed E-state index contributed by atoms with van der Waals surface area (Å²) in [5, 5.41) is 3.06. The molecule has 1 aromatic rings. The monoisotopic (exact) mass is 346 g/mol. The third-order valence-corrected chi connectivity index (χ3v) is 5.19. The summed E-state index contributed by atoms with van der Waals surface area (Å²) in [4.78, 5) is 14.4. The Kier molecular flexibility index (Phi) is 7.45. The molecule has 0 saturated heterocycles. The van der Waals surface area contributed by atoms with Crippen LogP contribution in [-0.4, -0.2) is 43.7 Å². The molecule has 1 saturated carbocycles. The summed E-state index contributed by atoms with van der Waals surface area (Å²) in [6.45, 7) is 10.3. The van der Waals surface area contributed by atoms with E-state index < -0.39 is 0 Å². The zero-order valence-electron chi connectivity index (χ0n) is 16.5. The number of hydrogen-bond donors (Lipinski definition) is 1. The number of hydrogen-bond acceptors (Lipinski definition) is 3. The average molecular weight is 347 g/mol. The maximum atomic E-state index is 12.3. The van der Waals surface area contributed by atoms with Gasteiger partial charge in [-0.3, -0.25) is 9.69 Å². The molecule has 140 valence electrons. The van der Waals surface area contributed by atoms with E-state index in [0.29, 0.717) is 25.2 Å². The smallest absolute Gasteiger partial charge is 0.238 e. The molecule has 0 bridgehead atoms. The normalized spacial score (nSPS) is 20.7. The molecule has 0 heterocycles. The van der Waals surface area contributed by atoms with Crippen molar-refractivity contribution in [1.29, 1.82) is 0 Å². The number of likely N-dealkylation sites (N-methyl/N-ethyl adjacent to an activating group) is 1. The topological polar surface area (TPSA) is 41.6 Å². The number of rotatable bonds is 7. The highest BCUT2D eigenvalue weighted by Crippen LogP contribution is 2.26. The van der Waals surface area contributed by atoms with Crippen LogP contribution in [0.4, 0.5) is 5.69 Å². The predicted molar refractivity (Wildman–Crippen MR) is 104 cm³/mol. The summed E-state index contributed by atoms with van der Waals surface area (Å²) >= 11 is 0. The van der Waals surface area contributed by atoms with E-state index in [1.54, 1.807) is 0 Å². The molecule has 1 fully saturated rings. The van der Waals surface area contributed by atoms with E-state index in [1.807, 2.05) is 25.8 Å². The van der Waals surface area contributed by atoms with Crippen molar-refractivity contribution in [2.24, 2.45) is 5.92 Å². The van der Waals surface area contributed by atoms with E-state index in [2.05, 4.69) is 31.3 Å². The Morgan fingerprint density at radius 3 is 2.48 bits per heavy atom. The SMILES string of the molecule is Cc1cc(C)c(NC(=O)CN(C)CCOC2CCCCC2C)c(C)c1. The molecule has 0 spiro atoms. The van der Waals surface area contributed by atoms with Crippen LogP contribution in [0.25, 0.3) is 0 Å². The Morgan fingerprint density at radius 2 is 1.84 bits per heavy atom. The predicted octanol–water partition coefficient (Wildman–Crippen LogP) is 4.08. The van der Waals surface area contributed by atoms with Crippen LogP contribution in [0.3, 0.4) is 0 Å². The number of amides is 1. The van der Waals surface area contributed by atoms with Crippen LogP contribution in [-0.2, 0) is 9.53 Å². The molecule has 0 aromatic heterocycles. The van der Waals surface area contributed by atoms with Gasteiger partial charge < -0.3 is 10.1 Å². The average Bonchev–Trinajstić information content (AvgIpc) is 2.52. The fourth-order valence-corrected chi connectivity index (χ4v) is 3.77. The van der Waals surface area contributed by atoms with Crippen molar-refractivity contribution >= 4 is 11.6 Å². The van der Waals surface area contributed by atoms with Gasteiger partial charge >= 0.3 is 0 Å². The van der Waals surface area contributed by atoms with Crippen molar-refractivity contribution < 1.29 is 9.53 Å². The molecule has 0 aliphatic heterocycles. The zero-order chi connectivity index (χ0) is 18.4. The lowest BCUT2D eigenvalue weighted by atomic mass is 9.88. The first-order valence-electron chi connectivity index (χ1n) is 9.54. The van der Waals surface area contributed by atoms with Gasteiger partial charge in [0.25, 0.3) is 0 Å². The second kappa shape index (κ2) is 9.35. The third kappa shape index (κ3) is 6.12.